The number of allylic oxidation sites excluding steroid dienone is 1. The molecule has 0 aliphatic heterocycles. The summed E-state index contributed by atoms with van der Waals surface area (Å²) in [5, 5.41) is 32.8. The molecule has 22 heavy (non-hydrogen) atoms. The van der Waals surface area contributed by atoms with E-state index in [-0.39, 0.29) is 23.3 Å². The third kappa shape index (κ3) is 2.59. The molecule has 0 fully saturated rings. The number of nitrogens with one attached hydrogen (secondary N) is 2. The van der Waals surface area contributed by atoms with Crippen LogP contribution in [0, 0.1) is 11.3 Å². The molecular weight excluding hydrogens is 286 g/mol. The van der Waals surface area contributed by atoms with Crippen LogP contribution in [-0.2, 0) is 0 Å². The number of nitriles is 1. The normalized spacial score (nSPS) is 11.1. The average molecular weight is 295 g/mol. The number of aromatic nitrogens is 6. The van der Waals surface area contributed by atoms with Gasteiger partial charge in [-0.15, -0.1) is 15.3 Å². The molecule has 0 amide bonds. The molecule has 0 radical (unpaired) electrons. The minimum atomic E-state index is -0.0233. The van der Waals surface area contributed by atoms with Gasteiger partial charge in [-0.3, -0.25) is 0 Å². The van der Waals surface area contributed by atoms with E-state index >= 15 is 0 Å². The van der Waals surface area contributed by atoms with Crippen LogP contribution in [0.25, 0.3) is 17.0 Å². The number of tetrazole rings is 1. The SMILES string of the molecule is N#CC(=CNc1ccccc1-c1nnc(N)o1)c1nn[nH]n1. The minimum Gasteiger partial charge on any atom is -0.403 e. The molecule has 2 aromatic heterocycles. The molecule has 3 aromatic rings. The van der Waals surface area contributed by atoms with Gasteiger partial charge in [0.05, 0.1) is 11.3 Å². The van der Waals surface area contributed by atoms with Gasteiger partial charge in [0.15, 0.2) is 0 Å². The van der Waals surface area contributed by atoms with Crippen molar-refractivity contribution in [2.45, 2.75) is 0 Å². The Morgan fingerprint density at radius 3 is 2.86 bits per heavy atom. The summed E-state index contributed by atoms with van der Waals surface area (Å²) in [5.41, 5.74) is 6.95. The third-order valence-corrected chi connectivity index (χ3v) is 2.68. The Balaban J connectivity index is 1.92. The van der Waals surface area contributed by atoms with E-state index < -0.39 is 0 Å². The molecule has 10 heteroatoms. The first-order valence-electron chi connectivity index (χ1n) is 6.07. The summed E-state index contributed by atoms with van der Waals surface area (Å²) < 4.78 is 5.21. The van der Waals surface area contributed by atoms with Gasteiger partial charge >= 0.3 is 6.01 Å². The summed E-state index contributed by atoms with van der Waals surface area (Å²) in [6.45, 7) is 0. The van der Waals surface area contributed by atoms with Crippen LogP contribution in [0.15, 0.2) is 34.9 Å². The Labute approximate surface area is 123 Å². The summed E-state index contributed by atoms with van der Waals surface area (Å²) in [7, 11) is 0. The van der Waals surface area contributed by atoms with E-state index in [4.69, 9.17) is 15.4 Å². The van der Waals surface area contributed by atoms with Crippen molar-refractivity contribution in [1.29, 1.82) is 5.26 Å². The van der Waals surface area contributed by atoms with Crippen LogP contribution >= 0.6 is 0 Å². The van der Waals surface area contributed by atoms with Crippen LogP contribution in [0.3, 0.4) is 0 Å². The zero-order valence-corrected chi connectivity index (χ0v) is 11.1. The minimum absolute atomic E-state index is 0.0233. The smallest absolute Gasteiger partial charge is 0.313 e. The van der Waals surface area contributed by atoms with Gasteiger partial charge in [0.1, 0.15) is 11.6 Å². The Kier molecular flexibility index (Phi) is 3.44. The first-order chi connectivity index (χ1) is 10.8. The lowest BCUT2D eigenvalue weighted by atomic mass is 10.1. The molecule has 10 nitrogen and oxygen atoms in total. The van der Waals surface area contributed by atoms with Gasteiger partial charge in [0.2, 0.25) is 5.82 Å². The van der Waals surface area contributed by atoms with Crippen LogP contribution < -0.4 is 11.1 Å². The van der Waals surface area contributed by atoms with Crippen molar-refractivity contribution in [2.75, 3.05) is 11.1 Å². The number of hydrogen-bond donors (Lipinski definition) is 3. The van der Waals surface area contributed by atoms with Gasteiger partial charge in [0, 0.05) is 6.20 Å². The first-order valence-corrected chi connectivity index (χ1v) is 6.07. The standard InChI is InChI=1S/C12H9N9O/c13-5-7(10-16-20-21-17-10)6-15-9-4-2-1-3-8(9)11-18-19-12(14)22-11/h1-4,6,15H,(H2,14,19)(H,16,17,20,21). The Morgan fingerprint density at radius 2 is 2.18 bits per heavy atom. The highest BCUT2D eigenvalue weighted by Crippen LogP contribution is 2.27. The van der Waals surface area contributed by atoms with Crippen LogP contribution in [0.5, 0.6) is 0 Å². The fourth-order valence-corrected chi connectivity index (χ4v) is 1.71. The molecule has 0 atom stereocenters. The molecule has 4 N–H and O–H groups in total. The summed E-state index contributed by atoms with van der Waals surface area (Å²) in [6.07, 6.45) is 1.46. The second-order valence-electron chi connectivity index (χ2n) is 4.04. The highest BCUT2D eigenvalue weighted by atomic mass is 16.4. The van der Waals surface area contributed by atoms with E-state index in [1.54, 1.807) is 12.1 Å². The van der Waals surface area contributed by atoms with Crippen molar-refractivity contribution in [3.05, 3.63) is 36.3 Å². The molecular formula is C12H9N9O. The largest absolute Gasteiger partial charge is 0.403 e. The summed E-state index contributed by atoms with van der Waals surface area (Å²) in [6, 6.07) is 9.16. The maximum atomic E-state index is 9.13. The van der Waals surface area contributed by atoms with E-state index in [2.05, 4.69) is 36.1 Å². The number of nitrogen functional groups attached to an aromatic ring is 1. The Hall–Kier alpha value is -3.74. The van der Waals surface area contributed by atoms with Crippen LogP contribution in [-0.4, -0.2) is 30.8 Å². The number of H-pyrrole nitrogens is 1. The lowest BCUT2D eigenvalue weighted by Crippen LogP contribution is -1.95. The van der Waals surface area contributed by atoms with E-state index in [9.17, 15) is 0 Å². The fourth-order valence-electron chi connectivity index (χ4n) is 1.71. The van der Waals surface area contributed by atoms with Crippen molar-refractivity contribution < 1.29 is 4.42 Å². The predicted octanol–water partition coefficient (Wildman–Crippen LogP) is 0.808. The summed E-state index contributed by atoms with van der Waals surface area (Å²) in [5.74, 6) is 0.460. The molecule has 0 bridgehead atoms. The maximum Gasteiger partial charge on any atom is 0.313 e. The number of rotatable bonds is 4. The molecule has 0 aliphatic rings. The van der Waals surface area contributed by atoms with Gasteiger partial charge in [-0.2, -0.15) is 10.5 Å². The molecule has 0 aliphatic carbocycles. The van der Waals surface area contributed by atoms with Crippen molar-refractivity contribution in [1.82, 2.24) is 30.8 Å². The summed E-state index contributed by atoms with van der Waals surface area (Å²) in [4.78, 5) is 0. The van der Waals surface area contributed by atoms with E-state index in [1.165, 1.54) is 6.20 Å². The second-order valence-corrected chi connectivity index (χ2v) is 4.04. The van der Waals surface area contributed by atoms with Gasteiger partial charge in [-0.05, 0) is 17.3 Å². The van der Waals surface area contributed by atoms with E-state index in [1.807, 2.05) is 18.2 Å². The lowest BCUT2D eigenvalue weighted by molar-refractivity contribution is 0.590. The number of anilines is 2. The monoisotopic (exact) mass is 295 g/mol. The Bertz CT molecular complexity index is 844. The number of benzene rings is 1. The first kappa shape index (κ1) is 13.3. The van der Waals surface area contributed by atoms with Crippen LogP contribution in [0.4, 0.5) is 11.7 Å². The Morgan fingerprint density at radius 1 is 1.32 bits per heavy atom. The molecule has 3 rings (SSSR count). The number of nitrogens with zero attached hydrogens (tertiary/aromatic N) is 6. The van der Waals surface area contributed by atoms with E-state index in [0.717, 1.165) is 0 Å². The molecule has 0 unspecified atom stereocenters. The van der Waals surface area contributed by atoms with Crippen molar-refractivity contribution in [3.8, 4) is 17.5 Å². The predicted molar refractivity (Wildman–Crippen MR) is 75.5 cm³/mol. The second kappa shape index (κ2) is 5.71. The number of hydrogen-bond acceptors (Lipinski definition) is 9. The highest BCUT2D eigenvalue weighted by molar-refractivity contribution is 5.78. The lowest BCUT2D eigenvalue weighted by Gasteiger charge is -2.05. The molecule has 2 heterocycles. The van der Waals surface area contributed by atoms with Crippen molar-refractivity contribution >= 4 is 17.3 Å². The fraction of sp³-hybridized carbons (Fsp3) is 0. The number of para-hydroxylation sites is 1. The molecule has 108 valence electrons. The highest BCUT2D eigenvalue weighted by Gasteiger charge is 2.11. The van der Waals surface area contributed by atoms with Crippen molar-refractivity contribution in [3.63, 3.8) is 0 Å². The van der Waals surface area contributed by atoms with Crippen molar-refractivity contribution in [2.24, 2.45) is 0 Å². The van der Waals surface area contributed by atoms with Gasteiger partial charge in [-0.1, -0.05) is 17.2 Å². The van der Waals surface area contributed by atoms with E-state index in [0.29, 0.717) is 11.3 Å². The zero-order valence-electron chi connectivity index (χ0n) is 11.1. The van der Waals surface area contributed by atoms with Gasteiger partial charge in [-0.25, -0.2) is 0 Å². The molecule has 0 saturated heterocycles. The summed E-state index contributed by atoms with van der Waals surface area (Å²) >= 11 is 0. The quantitative estimate of drug-likeness (QED) is 0.592. The third-order valence-electron chi connectivity index (χ3n) is 2.68. The molecule has 1 aromatic carbocycles. The average Bonchev–Trinajstić information content (AvgIpc) is 3.20. The number of aromatic amines is 1. The zero-order chi connectivity index (χ0) is 15.4. The molecule has 0 spiro atoms. The van der Waals surface area contributed by atoms with Crippen LogP contribution in [0.1, 0.15) is 5.82 Å². The van der Waals surface area contributed by atoms with Gasteiger partial charge in [0.25, 0.3) is 5.89 Å². The number of nitrogens with two attached hydrogens (primary N) is 1. The maximum absolute atomic E-state index is 9.13. The topological polar surface area (TPSA) is 155 Å². The molecule has 0 saturated carbocycles. The van der Waals surface area contributed by atoms with Crippen LogP contribution in [0.2, 0.25) is 0 Å². The van der Waals surface area contributed by atoms with Gasteiger partial charge < -0.3 is 15.5 Å².